The van der Waals surface area contributed by atoms with Gasteiger partial charge in [-0.2, -0.15) is 0 Å². The summed E-state index contributed by atoms with van der Waals surface area (Å²) in [6, 6.07) is 9.72. The quantitative estimate of drug-likeness (QED) is 0.644. The lowest BCUT2D eigenvalue weighted by atomic mass is 10.0. The van der Waals surface area contributed by atoms with Gasteiger partial charge in [-0.25, -0.2) is 4.68 Å². The van der Waals surface area contributed by atoms with Crippen molar-refractivity contribution in [2.24, 2.45) is 5.92 Å². The molecule has 156 valence electrons. The Balaban J connectivity index is 1.36. The molecule has 0 aliphatic carbocycles. The Morgan fingerprint density at radius 1 is 1.23 bits per heavy atom. The molecule has 1 aliphatic heterocycles. The average Bonchev–Trinajstić information content (AvgIpc) is 3.48. The number of aromatic nitrogens is 5. The van der Waals surface area contributed by atoms with Gasteiger partial charge in [0.25, 0.3) is 0 Å². The summed E-state index contributed by atoms with van der Waals surface area (Å²) in [6.45, 7) is 5.10. The lowest BCUT2D eigenvalue weighted by Crippen LogP contribution is -2.46. The standard InChI is InChI=1S/C21H25N7O2/c1-14-9-19(28(11-14)20(29)12-27-13-24-25-26-27)21(30)23-10-16-3-5-17(6-4-16)18-7-8-22-15(18)2/h3-8,13-14,19,22H,9-12H2,1-2H3,(H,23,30). The number of amides is 2. The van der Waals surface area contributed by atoms with E-state index in [2.05, 4.69) is 38.0 Å². The number of aromatic amines is 1. The van der Waals surface area contributed by atoms with Gasteiger partial charge in [0.05, 0.1) is 0 Å². The second kappa shape index (κ2) is 8.48. The Morgan fingerprint density at radius 2 is 2.03 bits per heavy atom. The largest absolute Gasteiger partial charge is 0.365 e. The number of carbonyl (C=O) groups excluding carboxylic acids is 2. The summed E-state index contributed by atoms with van der Waals surface area (Å²) in [5.74, 6) is -0.0181. The molecule has 9 heteroatoms. The van der Waals surface area contributed by atoms with Crippen LogP contribution in [0.5, 0.6) is 0 Å². The van der Waals surface area contributed by atoms with Crippen LogP contribution >= 0.6 is 0 Å². The molecule has 2 aromatic heterocycles. The van der Waals surface area contributed by atoms with Gasteiger partial charge in [0.2, 0.25) is 11.8 Å². The van der Waals surface area contributed by atoms with Gasteiger partial charge in [0, 0.05) is 30.5 Å². The molecule has 0 bridgehead atoms. The molecule has 1 fully saturated rings. The van der Waals surface area contributed by atoms with Gasteiger partial charge in [-0.3, -0.25) is 9.59 Å². The van der Waals surface area contributed by atoms with Crippen LogP contribution in [0.15, 0.2) is 42.9 Å². The second-order valence-electron chi connectivity index (χ2n) is 7.84. The number of benzene rings is 1. The number of tetrazole rings is 1. The van der Waals surface area contributed by atoms with Crippen LogP contribution in [0.3, 0.4) is 0 Å². The highest BCUT2D eigenvalue weighted by Crippen LogP contribution is 2.24. The predicted molar refractivity (Wildman–Crippen MR) is 110 cm³/mol. The van der Waals surface area contributed by atoms with Crippen LogP contribution in [0.1, 0.15) is 24.6 Å². The number of likely N-dealkylation sites (tertiary alicyclic amines) is 1. The SMILES string of the molecule is Cc1[nH]ccc1-c1ccc(CNC(=O)C2CC(C)CN2C(=O)Cn2cnnn2)cc1. The normalized spacial score (nSPS) is 18.5. The Bertz CT molecular complexity index is 1010. The number of nitrogens with zero attached hydrogens (tertiary/aromatic N) is 5. The third-order valence-corrected chi connectivity index (χ3v) is 5.51. The van der Waals surface area contributed by atoms with Crippen LogP contribution in [0.2, 0.25) is 0 Å². The van der Waals surface area contributed by atoms with Gasteiger partial charge in [0.1, 0.15) is 18.9 Å². The number of rotatable bonds is 6. The Labute approximate surface area is 174 Å². The van der Waals surface area contributed by atoms with Gasteiger partial charge in [0.15, 0.2) is 0 Å². The highest BCUT2D eigenvalue weighted by Gasteiger charge is 2.37. The van der Waals surface area contributed by atoms with Crippen molar-refractivity contribution in [3.05, 3.63) is 54.1 Å². The first kappa shape index (κ1) is 19.8. The predicted octanol–water partition coefficient (Wildman–Crippen LogP) is 1.53. The molecule has 1 saturated heterocycles. The number of carbonyl (C=O) groups is 2. The Kier molecular flexibility index (Phi) is 5.60. The molecule has 30 heavy (non-hydrogen) atoms. The minimum Gasteiger partial charge on any atom is -0.365 e. The molecular formula is C21H25N7O2. The summed E-state index contributed by atoms with van der Waals surface area (Å²) in [4.78, 5) is 30.3. The first-order chi connectivity index (χ1) is 14.5. The first-order valence-corrected chi connectivity index (χ1v) is 10.0. The van der Waals surface area contributed by atoms with Crippen LogP contribution in [0, 0.1) is 12.8 Å². The van der Waals surface area contributed by atoms with Crippen LogP contribution in [-0.2, 0) is 22.7 Å². The minimum atomic E-state index is -0.467. The summed E-state index contributed by atoms with van der Waals surface area (Å²) in [5, 5.41) is 13.8. The Morgan fingerprint density at radius 3 is 2.70 bits per heavy atom. The zero-order chi connectivity index (χ0) is 21.1. The van der Waals surface area contributed by atoms with E-state index in [1.165, 1.54) is 16.6 Å². The smallest absolute Gasteiger partial charge is 0.245 e. The molecule has 1 aliphatic rings. The van der Waals surface area contributed by atoms with Gasteiger partial charge in [-0.1, -0.05) is 31.2 Å². The van der Waals surface area contributed by atoms with Crippen molar-refractivity contribution in [1.82, 2.24) is 35.4 Å². The maximum absolute atomic E-state index is 12.8. The van der Waals surface area contributed by atoms with E-state index in [9.17, 15) is 9.59 Å². The molecule has 2 unspecified atom stereocenters. The molecule has 2 N–H and O–H groups in total. The Hall–Kier alpha value is -3.49. The first-order valence-electron chi connectivity index (χ1n) is 10.0. The third-order valence-electron chi connectivity index (χ3n) is 5.51. The fraction of sp³-hybridized carbons (Fsp3) is 0.381. The summed E-state index contributed by atoms with van der Waals surface area (Å²) in [5.41, 5.74) is 4.44. The van der Waals surface area contributed by atoms with Crippen LogP contribution in [-0.4, -0.2) is 54.5 Å². The van der Waals surface area contributed by atoms with E-state index >= 15 is 0 Å². The summed E-state index contributed by atoms with van der Waals surface area (Å²) in [7, 11) is 0. The van der Waals surface area contributed by atoms with Gasteiger partial charge in [-0.05, 0) is 46.9 Å². The number of nitrogens with one attached hydrogen (secondary N) is 2. The van der Waals surface area contributed by atoms with E-state index in [1.807, 2.05) is 38.2 Å². The topological polar surface area (TPSA) is 109 Å². The number of hydrogen-bond donors (Lipinski definition) is 2. The van der Waals surface area contributed by atoms with E-state index in [0.717, 1.165) is 16.8 Å². The van der Waals surface area contributed by atoms with Crippen molar-refractivity contribution in [2.75, 3.05) is 6.54 Å². The summed E-state index contributed by atoms with van der Waals surface area (Å²) >= 11 is 0. The van der Waals surface area contributed by atoms with E-state index in [0.29, 0.717) is 19.5 Å². The molecule has 4 rings (SSSR count). The molecule has 0 radical (unpaired) electrons. The molecule has 2 amide bonds. The summed E-state index contributed by atoms with van der Waals surface area (Å²) in [6.07, 6.45) is 3.97. The van der Waals surface area contributed by atoms with Crippen molar-refractivity contribution < 1.29 is 9.59 Å². The lowest BCUT2D eigenvalue weighted by Gasteiger charge is -2.23. The zero-order valence-corrected chi connectivity index (χ0v) is 17.1. The maximum atomic E-state index is 12.8. The van der Waals surface area contributed by atoms with Crippen molar-refractivity contribution in [3.63, 3.8) is 0 Å². The monoisotopic (exact) mass is 407 g/mol. The molecule has 2 atom stereocenters. The van der Waals surface area contributed by atoms with Crippen LogP contribution in [0.4, 0.5) is 0 Å². The molecule has 0 spiro atoms. The van der Waals surface area contributed by atoms with Crippen molar-refractivity contribution in [1.29, 1.82) is 0 Å². The van der Waals surface area contributed by atoms with Gasteiger partial charge in [-0.15, -0.1) is 5.10 Å². The third kappa shape index (κ3) is 4.24. The molecule has 9 nitrogen and oxygen atoms in total. The van der Waals surface area contributed by atoms with Gasteiger partial charge >= 0.3 is 0 Å². The second-order valence-corrected chi connectivity index (χ2v) is 7.84. The van der Waals surface area contributed by atoms with Crippen molar-refractivity contribution in [3.8, 4) is 11.1 Å². The fourth-order valence-corrected chi connectivity index (χ4v) is 3.93. The van der Waals surface area contributed by atoms with Crippen molar-refractivity contribution in [2.45, 2.75) is 39.4 Å². The number of hydrogen-bond acceptors (Lipinski definition) is 5. The van der Waals surface area contributed by atoms with E-state index < -0.39 is 6.04 Å². The van der Waals surface area contributed by atoms with E-state index in [-0.39, 0.29) is 24.3 Å². The number of aryl methyl sites for hydroxylation is 1. The molecular weight excluding hydrogens is 382 g/mol. The van der Waals surface area contributed by atoms with Crippen LogP contribution < -0.4 is 5.32 Å². The number of H-pyrrole nitrogens is 1. The molecule has 1 aromatic carbocycles. The highest BCUT2D eigenvalue weighted by atomic mass is 16.2. The van der Waals surface area contributed by atoms with E-state index in [1.54, 1.807) is 4.90 Å². The zero-order valence-electron chi connectivity index (χ0n) is 17.1. The van der Waals surface area contributed by atoms with Crippen molar-refractivity contribution >= 4 is 11.8 Å². The molecule has 3 aromatic rings. The van der Waals surface area contributed by atoms with Gasteiger partial charge < -0.3 is 15.2 Å². The molecule has 3 heterocycles. The average molecular weight is 407 g/mol. The minimum absolute atomic E-state index is 0.0313. The van der Waals surface area contributed by atoms with E-state index in [4.69, 9.17) is 0 Å². The van der Waals surface area contributed by atoms with Crippen LogP contribution in [0.25, 0.3) is 11.1 Å². The summed E-state index contributed by atoms with van der Waals surface area (Å²) < 4.78 is 1.37. The maximum Gasteiger partial charge on any atom is 0.245 e. The fourth-order valence-electron chi connectivity index (χ4n) is 3.93. The lowest BCUT2D eigenvalue weighted by molar-refractivity contribution is -0.139. The highest BCUT2D eigenvalue weighted by molar-refractivity contribution is 5.88. The molecule has 0 saturated carbocycles.